The number of alkyl halides is 1. The van der Waals surface area contributed by atoms with Crippen molar-refractivity contribution in [1.82, 2.24) is 0 Å². The van der Waals surface area contributed by atoms with Gasteiger partial charge in [-0.05, 0) is 35.4 Å². The molecule has 0 aliphatic heterocycles. The fraction of sp³-hybridized carbons (Fsp3) is 0.520. The van der Waals surface area contributed by atoms with Crippen molar-refractivity contribution < 1.29 is 17.9 Å². The summed E-state index contributed by atoms with van der Waals surface area (Å²) >= 11 is 18.9. The molecule has 0 unspecified atom stereocenters. The molecule has 0 radical (unpaired) electrons. The van der Waals surface area contributed by atoms with Crippen molar-refractivity contribution in [2.45, 2.75) is 40.0 Å². The minimum atomic E-state index is -3.07. The summed E-state index contributed by atoms with van der Waals surface area (Å²) < 4.78 is 35.2. The molecule has 0 aliphatic rings. The maximum Gasteiger partial charge on any atom is 0.156 e. The second kappa shape index (κ2) is 12.0. The van der Waals surface area contributed by atoms with E-state index < -0.39 is 9.84 Å². The van der Waals surface area contributed by atoms with Crippen molar-refractivity contribution >= 4 is 44.6 Å². The molecule has 2 aromatic rings. The SMILES string of the molecule is CCS(=O)(=O)C[C@H](C)COc1c(Cl)cc(C(C)(C)c2ccc(OC[C@@H](C)CCl)cc2)cc1Cl. The average molecular weight is 536 g/mol. The number of rotatable bonds is 12. The van der Waals surface area contributed by atoms with E-state index in [1.54, 1.807) is 6.92 Å². The highest BCUT2D eigenvalue weighted by atomic mass is 35.5. The third-order valence-corrected chi connectivity index (χ3v) is 8.63. The van der Waals surface area contributed by atoms with Crippen LogP contribution in [0.1, 0.15) is 45.7 Å². The highest BCUT2D eigenvalue weighted by Gasteiger charge is 2.26. The minimum absolute atomic E-state index is 0.0638. The van der Waals surface area contributed by atoms with E-state index in [1.807, 2.05) is 50.2 Å². The Morgan fingerprint density at radius 2 is 1.45 bits per heavy atom. The summed E-state index contributed by atoms with van der Waals surface area (Å²) in [4.78, 5) is 0. The van der Waals surface area contributed by atoms with Crippen LogP contribution in [0.4, 0.5) is 0 Å². The summed E-state index contributed by atoms with van der Waals surface area (Å²) in [5.74, 6) is 2.01. The fourth-order valence-electron chi connectivity index (χ4n) is 3.30. The van der Waals surface area contributed by atoms with Crippen molar-refractivity contribution in [2.75, 3.05) is 30.6 Å². The third kappa shape index (κ3) is 7.95. The van der Waals surface area contributed by atoms with E-state index in [-0.39, 0.29) is 35.4 Å². The normalized spacial score (nSPS) is 14.1. The zero-order valence-corrected chi connectivity index (χ0v) is 22.9. The fourth-order valence-corrected chi connectivity index (χ4v) is 5.19. The van der Waals surface area contributed by atoms with Crippen LogP contribution >= 0.6 is 34.8 Å². The summed E-state index contributed by atoms with van der Waals surface area (Å²) in [6.45, 7) is 10.5. The molecule has 2 atom stereocenters. The molecular formula is C25H33Cl3O4S. The summed E-state index contributed by atoms with van der Waals surface area (Å²) in [6.07, 6.45) is 0. The lowest BCUT2D eigenvalue weighted by Gasteiger charge is -2.27. The van der Waals surface area contributed by atoms with Crippen LogP contribution in [0.2, 0.25) is 10.0 Å². The van der Waals surface area contributed by atoms with Crippen LogP contribution in [-0.4, -0.2) is 39.0 Å². The molecule has 2 aromatic carbocycles. The van der Waals surface area contributed by atoms with Gasteiger partial charge in [0.2, 0.25) is 0 Å². The van der Waals surface area contributed by atoms with Crippen molar-refractivity contribution in [3.05, 3.63) is 57.6 Å². The van der Waals surface area contributed by atoms with Gasteiger partial charge in [-0.1, -0.05) is 70.0 Å². The van der Waals surface area contributed by atoms with E-state index in [2.05, 4.69) is 13.8 Å². The van der Waals surface area contributed by atoms with Crippen LogP contribution in [0.3, 0.4) is 0 Å². The van der Waals surface area contributed by atoms with Crippen LogP contribution < -0.4 is 9.47 Å². The largest absolute Gasteiger partial charge is 0.493 e. The predicted molar refractivity (Wildman–Crippen MR) is 139 cm³/mol. The Bertz CT molecular complexity index is 997. The Hall–Kier alpha value is -1.14. The first-order valence-electron chi connectivity index (χ1n) is 11.0. The molecule has 33 heavy (non-hydrogen) atoms. The zero-order valence-electron chi connectivity index (χ0n) is 19.8. The Balaban J connectivity index is 2.15. The number of benzene rings is 2. The van der Waals surface area contributed by atoms with Crippen LogP contribution in [0.25, 0.3) is 0 Å². The van der Waals surface area contributed by atoms with Gasteiger partial charge in [0.25, 0.3) is 0 Å². The van der Waals surface area contributed by atoms with Crippen molar-refractivity contribution in [2.24, 2.45) is 11.8 Å². The van der Waals surface area contributed by atoms with Gasteiger partial charge in [-0.25, -0.2) is 8.42 Å². The second-order valence-corrected chi connectivity index (χ2v) is 12.6. The van der Waals surface area contributed by atoms with Gasteiger partial charge in [0, 0.05) is 28.9 Å². The molecule has 0 saturated carbocycles. The summed E-state index contributed by atoms with van der Waals surface area (Å²) in [5.41, 5.74) is 1.66. The lowest BCUT2D eigenvalue weighted by atomic mass is 9.78. The number of hydrogen-bond acceptors (Lipinski definition) is 4. The molecule has 4 nitrogen and oxygen atoms in total. The Labute approximate surface area is 213 Å². The maximum absolute atomic E-state index is 11.8. The predicted octanol–water partition coefficient (Wildman–Crippen LogP) is 7.02. The van der Waals surface area contributed by atoms with Crippen molar-refractivity contribution in [1.29, 1.82) is 0 Å². The molecule has 0 saturated heterocycles. The van der Waals surface area contributed by atoms with Gasteiger partial charge in [-0.3, -0.25) is 0 Å². The van der Waals surface area contributed by atoms with Gasteiger partial charge in [0.15, 0.2) is 5.75 Å². The number of halogens is 3. The first-order valence-corrected chi connectivity index (χ1v) is 14.1. The summed E-state index contributed by atoms with van der Waals surface area (Å²) in [6, 6.07) is 11.7. The highest BCUT2D eigenvalue weighted by molar-refractivity contribution is 7.91. The Morgan fingerprint density at radius 1 is 0.909 bits per heavy atom. The van der Waals surface area contributed by atoms with Crippen LogP contribution in [0.5, 0.6) is 11.5 Å². The van der Waals surface area contributed by atoms with Crippen LogP contribution in [-0.2, 0) is 15.3 Å². The molecule has 8 heteroatoms. The molecule has 184 valence electrons. The number of sulfone groups is 1. The molecule has 2 rings (SSSR count). The molecule has 0 aromatic heterocycles. The van der Waals surface area contributed by atoms with E-state index in [9.17, 15) is 8.42 Å². The molecule has 0 spiro atoms. The van der Waals surface area contributed by atoms with Gasteiger partial charge >= 0.3 is 0 Å². The molecule has 0 fully saturated rings. The smallest absolute Gasteiger partial charge is 0.156 e. The van der Waals surface area contributed by atoms with E-state index in [1.165, 1.54) is 0 Å². The third-order valence-electron chi connectivity index (χ3n) is 5.58. The number of hydrogen-bond donors (Lipinski definition) is 0. The molecule has 0 heterocycles. The van der Waals surface area contributed by atoms with Gasteiger partial charge in [0.1, 0.15) is 15.6 Å². The lowest BCUT2D eigenvalue weighted by molar-refractivity contribution is 0.272. The van der Waals surface area contributed by atoms with E-state index in [0.717, 1.165) is 16.9 Å². The topological polar surface area (TPSA) is 52.6 Å². The first-order chi connectivity index (χ1) is 15.4. The van der Waals surface area contributed by atoms with Gasteiger partial charge in [0.05, 0.1) is 29.0 Å². The average Bonchev–Trinajstić information content (AvgIpc) is 2.76. The standard InChI is InChI=1S/C25H33Cl3O4S/c1-6-33(29,30)16-18(3)15-32-24-22(27)11-20(12-23(24)28)25(4,5)19-7-9-21(10-8-19)31-14-17(2)13-26/h7-12,17-18H,6,13-16H2,1-5H3/t17-,18+/m0/s1. The molecular weight excluding hydrogens is 503 g/mol. The monoisotopic (exact) mass is 534 g/mol. The first kappa shape index (κ1) is 28.1. The summed E-state index contributed by atoms with van der Waals surface area (Å²) in [7, 11) is -3.07. The van der Waals surface area contributed by atoms with Crippen LogP contribution in [0, 0.1) is 11.8 Å². The van der Waals surface area contributed by atoms with Gasteiger partial charge in [-0.15, -0.1) is 11.6 Å². The quantitative estimate of drug-likeness (QED) is 0.274. The minimum Gasteiger partial charge on any atom is -0.493 e. The lowest BCUT2D eigenvalue weighted by Crippen LogP contribution is -2.21. The summed E-state index contributed by atoms with van der Waals surface area (Å²) in [5, 5.41) is 0.789. The number of ether oxygens (including phenoxy) is 2. The van der Waals surface area contributed by atoms with E-state index in [0.29, 0.717) is 28.3 Å². The molecule has 0 N–H and O–H groups in total. The van der Waals surface area contributed by atoms with Crippen molar-refractivity contribution in [3.63, 3.8) is 0 Å². The molecule has 0 amide bonds. The second-order valence-electron chi connectivity index (χ2n) is 9.10. The van der Waals surface area contributed by atoms with E-state index >= 15 is 0 Å². The van der Waals surface area contributed by atoms with Gasteiger partial charge < -0.3 is 9.47 Å². The Kier molecular flexibility index (Phi) is 10.2. The van der Waals surface area contributed by atoms with Crippen LogP contribution in [0.15, 0.2) is 36.4 Å². The highest BCUT2D eigenvalue weighted by Crippen LogP contribution is 2.41. The van der Waals surface area contributed by atoms with Crippen molar-refractivity contribution in [3.8, 4) is 11.5 Å². The zero-order chi connectivity index (χ0) is 24.8. The molecule has 0 aliphatic carbocycles. The molecule has 0 bridgehead atoms. The Morgan fingerprint density at radius 3 is 1.97 bits per heavy atom. The maximum atomic E-state index is 11.8. The van der Waals surface area contributed by atoms with Gasteiger partial charge in [-0.2, -0.15) is 0 Å². The van der Waals surface area contributed by atoms with E-state index in [4.69, 9.17) is 44.3 Å².